The summed E-state index contributed by atoms with van der Waals surface area (Å²) in [5.41, 5.74) is 0. The van der Waals surface area contributed by atoms with Crippen LogP contribution in [0.5, 0.6) is 0 Å². The zero-order valence-corrected chi connectivity index (χ0v) is 11.4. The van der Waals surface area contributed by atoms with Crippen molar-refractivity contribution in [2.75, 3.05) is 12.8 Å². The molecule has 0 aliphatic rings. The van der Waals surface area contributed by atoms with Crippen LogP contribution in [0.25, 0.3) is 0 Å². The van der Waals surface area contributed by atoms with Crippen LogP contribution in [-0.4, -0.2) is 24.6 Å². The molecule has 88 valence electrons. The smallest absolute Gasteiger partial charge is 0.146 e. The van der Waals surface area contributed by atoms with Crippen LogP contribution in [0, 0.1) is 0 Å². The molecule has 0 saturated carbocycles. The number of nitrogens with one attached hydrogen (secondary N) is 1. The van der Waals surface area contributed by atoms with Crippen molar-refractivity contribution in [2.24, 2.45) is 0 Å². The van der Waals surface area contributed by atoms with E-state index in [1.807, 2.05) is 34.7 Å². The van der Waals surface area contributed by atoms with Crippen LogP contribution >= 0.6 is 12.6 Å². The van der Waals surface area contributed by atoms with Gasteiger partial charge in [0.25, 0.3) is 0 Å². The minimum Gasteiger partial charge on any atom is -0.311 e. The van der Waals surface area contributed by atoms with Gasteiger partial charge < -0.3 is 5.32 Å². The zero-order valence-electron chi connectivity index (χ0n) is 10.6. The van der Waals surface area contributed by atoms with Crippen molar-refractivity contribution in [1.82, 2.24) is 5.32 Å². The Morgan fingerprint density at radius 1 is 1.29 bits per heavy atom. The average molecular weight is 221 g/mol. The first kappa shape index (κ1) is 19.5. The average Bonchev–Trinajstić information content (AvgIpc) is 2.24. The molecule has 0 heterocycles. The third-order valence-electron chi connectivity index (χ3n) is 1.49. The Kier molecular flexibility index (Phi) is 26.1. The molecule has 0 bridgehead atoms. The van der Waals surface area contributed by atoms with Gasteiger partial charge in [-0.1, -0.05) is 27.7 Å². The molecule has 0 aromatic carbocycles. The van der Waals surface area contributed by atoms with Gasteiger partial charge in [0, 0.05) is 0 Å². The summed E-state index contributed by atoms with van der Waals surface area (Å²) in [6.45, 7) is 9.61. The van der Waals surface area contributed by atoms with Gasteiger partial charge in [-0.25, -0.2) is 0 Å². The lowest BCUT2D eigenvalue weighted by Crippen LogP contribution is -2.32. The molecule has 0 radical (unpaired) electrons. The molecule has 0 spiro atoms. The molecule has 0 saturated heterocycles. The first-order valence-electron chi connectivity index (χ1n) is 5.51. The van der Waals surface area contributed by atoms with E-state index in [1.165, 1.54) is 0 Å². The summed E-state index contributed by atoms with van der Waals surface area (Å²) in [7, 11) is 1.81. The molecule has 2 nitrogen and oxygen atoms in total. The summed E-state index contributed by atoms with van der Waals surface area (Å²) in [4.78, 5) is 10.8. The van der Waals surface area contributed by atoms with Gasteiger partial charge in [-0.15, -0.1) is 0 Å². The molecular formula is C11H27NOS. The van der Waals surface area contributed by atoms with E-state index >= 15 is 0 Å². The predicted octanol–water partition coefficient (Wildman–Crippen LogP) is 2.93. The Bertz CT molecular complexity index is 107. The first-order valence-corrected chi connectivity index (χ1v) is 6.14. The van der Waals surface area contributed by atoms with E-state index in [0.29, 0.717) is 0 Å². The topological polar surface area (TPSA) is 29.1 Å². The third kappa shape index (κ3) is 14.5. The molecule has 0 fully saturated rings. The molecule has 0 aliphatic heterocycles. The number of Topliss-reactive ketones (excluding diaryl/α,β-unsaturated/α-hetero) is 1. The third-order valence-corrected chi connectivity index (χ3v) is 1.81. The molecule has 0 aromatic heterocycles. The molecule has 3 heteroatoms. The number of thiol groups is 1. The second-order valence-corrected chi connectivity index (χ2v) is 2.76. The van der Waals surface area contributed by atoms with Gasteiger partial charge >= 0.3 is 0 Å². The van der Waals surface area contributed by atoms with Crippen LogP contribution in [0.3, 0.4) is 0 Å². The summed E-state index contributed by atoms with van der Waals surface area (Å²) in [5, 5.41) is 2.95. The molecule has 0 aromatic rings. The fourth-order valence-electron chi connectivity index (χ4n) is 0.846. The molecule has 1 atom stereocenters. The minimum atomic E-state index is 0.0344. The molecule has 14 heavy (non-hydrogen) atoms. The van der Waals surface area contributed by atoms with Crippen molar-refractivity contribution in [3.63, 3.8) is 0 Å². The molecule has 1 unspecified atom stereocenters. The van der Waals surface area contributed by atoms with Crippen LogP contribution in [0.4, 0.5) is 0 Å². The van der Waals surface area contributed by atoms with E-state index in [-0.39, 0.29) is 11.8 Å². The lowest BCUT2D eigenvalue weighted by Gasteiger charge is -2.10. The highest BCUT2D eigenvalue weighted by Gasteiger charge is 2.09. The van der Waals surface area contributed by atoms with Crippen LogP contribution in [0.15, 0.2) is 0 Å². The Morgan fingerprint density at radius 3 is 1.93 bits per heavy atom. The van der Waals surface area contributed by atoms with Gasteiger partial charge in [-0.05, 0) is 32.6 Å². The predicted molar refractivity (Wildman–Crippen MR) is 69.3 cm³/mol. The van der Waals surface area contributed by atoms with Crippen LogP contribution in [0.1, 0.15) is 47.5 Å². The van der Waals surface area contributed by atoms with E-state index in [0.717, 1.165) is 18.6 Å². The Hall–Kier alpha value is -0.0200. The van der Waals surface area contributed by atoms with Gasteiger partial charge in [0.2, 0.25) is 0 Å². The number of carbonyl (C=O) groups excluding carboxylic acids is 1. The van der Waals surface area contributed by atoms with Gasteiger partial charge in [-0.3, -0.25) is 4.79 Å². The monoisotopic (exact) mass is 221 g/mol. The molecular weight excluding hydrogens is 194 g/mol. The number of ketones is 1. The maximum atomic E-state index is 10.8. The second kappa shape index (κ2) is 18.7. The van der Waals surface area contributed by atoms with Crippen molar-refractivity contribution in [2.45, 2.75) is 53.5 Å². The van der Waals surface area contributed by atoms with Crippen LogP contribution in [0.2, 0.25) is 0 Å². The van der Waals surface area contributed by atoms with Crippen molar-refractivity contribution in [3.8, 4) is 0 Å². The summed E-state index contributed by atoms with van der Waals surface area (Å²) in [6, 6.07) is 0.0344. The number of hydrogen-bond donors (Lipinski definition) is 2. The summed E-state index contributed by atoms with van der Waals surface area (Å²) in [5.74, 6) is 1.06. The molecule has 0 aliphatic carbocycles. The quantitative estimate of drug-likeness (QED) is 0.699. The highest BCUT2D eigenvalue weighted by Crippen LogP contribution is 1.98. The molecule has 0 amide bonds. The van der Waals surface area contributed by atoms with Crippen LogP contribution in [-0.2, 0) is 4.79 Å². The first-order chi connectivity index (χ1) is 6.72. The Labute approximate surface area is 95.3 Å². The van der Waals surface area contributed by atoms with Crippen LogP contribution < -0.4 is 5.32 Å². The van der Waals surface area contributed by atoms with E-state index in [2.05, 4.69) is 17.9 Å². The highest BCUT2D eigenvalue weighted by atomic mass is 32.1. The summed E-state index contributed by atoms with van der Waals surface area (Å²) in [6.07, 6.45) is 1.89. The van der Waals surface area contributed by atoms with E-state index in [1.54, 1.807) is 6.92 Å². The number of rotatable bonds is 5. The van der Waals surface area contributed by atoms with Crippen molar-refractivity contribution >= 4 is 18.4 Å². The number of likely N-dealkylation sites (N-methyl/N-ethyl adjacent to an activating group) is 1. The van der Waals surface area contributed by atoms with Gasteiger partial charge in [0.05, 0.1) is 6.04 Å². The highest BCUT2D eigenvalue weighted by molar-refractivity contribution is 7.80. The largest absolute Gasteiger partial charge is 0.311 e. The fourth-order valence-corrected chi connectivity index (χ4v) is 1.03. The number of hydrogen-bond acceptors (Lipinski definition) is 3. The molecule has 1 N–H and O–H groups in total. The minimum absolute atomic E-state index is 0.0344. The number of carbonyl (C=O) groups is 1. The van der Waals surface area contributed by atoms with E-state index in [9.17, 15) is 4.79 Å². The normalized spacial score (nSPS) is 10.2. The van der Waals surface area contributed by atoms with Gasteiger partial charge in [-0.2, -0.15) is 12.6 Å². The van der Waals surface area contributed by atoms with Gasteiger partial charge in [0.15, 0.2) is 0 Å². The summed E-state index contributed by atoms with van der Waals surface area (Å²) >= 11 is 4.06. The van der Waals surface area contributed by atoms with Crippen molar-refractivity contribution in [3.05, 3.63) is 0 Å². The Morgan fingerprint density at radius 2 is 1.71 bits per heavy atom. The van der Waals surface area contributed by atoms with E-state index < -0.39 is 0 Å². The lowest BCUT2D eigenvalue weighted by molar-refractivity contribution is -0.119. The maximum Gasteiger partial charge on any atom is 0.146 e. The van der Waals surface area contributed by atoms with Gasteiger partial charge in [0.1, 0.15) is 5.78 Å². The maximum absolute atomic E-state index is 10.8. The second-order valence-electron chi connectivity index (χ2n) is 2.32. The molecule has 0 rings (SSSR count). The SMILES string of the molecule is CC.CC.CNC(CCCS)C(C)=O. The fraction of sp³-hybridized carbons (Fsp3) is 0.909. The van der Waals surface area contributed by atoms with E-state index in [4.69, 9.17) is 0 Å². The van der Waals surface area contributed by atoms with Crippen molar-refractivity contribution < 1.29 is 4.79 Å². The van der Waals surface area contributed by atoms with Crippen molar-refractivity contribution in [1.29, 1.82) is 0 Å². The Balaban J connectivity index is -0.000000266. The standard InChI is InChI=1S/C7H15NOS.2C2H6/c1-6(9)7(8-2)4-3-5-10;2*1-2/h7-8,10H,3-5H2,1-2H3;2*1-2H3. The lowest BCUT2D eigenvalue weighted by atomic mass is 10.1. The zero-order chi connectivity index (χ0) is 12.0. The summed E-state index contributed by atoms with van der Waals surface area (Å²) < 4.78 is 0.